The predicted molar refractivity (Wildman–Crippen MR) is 74.7 cm³/mol. The summed E-state index contributed by atoms with van der Waals surface area (Å²) in [6.07, 6.45) is -5.67. The predicted octanol–water partition coefficient (Wildman–Crippen LogP) is 5.20. The molecule has 2 aromatic carbocycles. The van der Waals surface area contributed by atoms with Crippen molar-refractivity contribution < 1.29 is 18.3 Å². The van der Waals surface area contributed by atoms with E-state index < -0.39 is 17.8 Å². The maximum absolute atomic E-state index is 12.7. The van der Waals surface area contributed by atoms with Crippen molar-refractivity contribution in [3.05, 3.63) is 68.7 Å². The van der Waals surface area contributed by atoms with E-state index in [4.69, 9.17) is 11.6 Å². The summed E-state index contributed by atoms with van der Waals surface area (Å²) in [5.74, 6) is 0. The Hall–Kier alpha value is -1.04. The van der Waals surface area contributed by atoms with Crippen molar-refractivity contribution in [3.63, 3.8) is 0 Å². The van der Waals surface area contributed by atoms with Crippen LogP contribution in [0.3, 0.4) is 0 Å². The first kappa shape index (κ1) is 15.4. The molecule has 0 aromatic heterocycles. The lowest BCUT2D eigenvalue weighted by Gasteiger charge is -2.15. The van der Waals surface area contributed by atoms with Gasteiger partial charge in [0.2, 0.25) is 0 Å². The summed E-state index contributed by atoms with van der Waals surface area (Å²) in [5.41, 5.74) is -0.319. The van der Waals surface area contributed by atoms with Crippen LogP contribution in [-0.4, -0.2) is 5.11 Å². The zero-order chi connectivity index (χ0) is 14.9. The quantitative estimate of drug-likeness (QED) is 0.775. The third-order valence-corrected chi connectivity index (χ3v) is 3.62. The molecule has 1 unspecified atom stereocenters. The SMILES string of the molecule is OC(c1cccc(C(F)(F)F)c1)c1cc(Br)ccc1Cl. The second kappa shape index (κ2) is 5.76. The summed E-state index contributed by atoms with van der Waals surface area (Å²) in [7, 11) is 0. The van der Waals surface area contributed by atoms with Crippen molar-refractivity contribution in [1.82, 2.24) is 0 Å². The molecule has 0 radical (unpaired) electrons. The van der Waals surface area contributed by atoms with Gasteiger partial charge in [0.25, 0.3) is 0 Å². The molecule has 0 bridgehead atoms. The molecule has 1 nitrogen and oxygen atoms in total. The Balaban J connectivity index is 2.43. The van der Waals surface area contributed by atoms with Crippen LogP contribution in [0.25, 0.3) is 0 Å². The van der Waals surface area contributed by atoms with Gasteiger partial charge in [-0.1, -0.05) is 39.7 Å². The Morgan fingerprint density at radius 3 is 2.45 bits per heavy atom. The Morgan fingerprint density at radius 1 is 1.10 bits per heavy atom. The van der Waals surface area contributed by atoms with Crippen LogP contribution >= 0.6 is 27.5 Å². The third kappa shape index (κ3) is 3.34. The molecule has 6 heteroatoms. The van der Waals surface area contributed by atoms with Gasteiger partial charge in [-0.15, -0.1) is 0 Å². The van der Waals surface area contributed by atoms with Crippen LogP contribution in [0, 0.1) is 0 Å². The van der Waals surface area contributed by atoms with Crippen molar-refractivity contribution in [3.8, 4) is 0 Å². The highest BCUT2D eigenvalue weighted by Crippen LogP contribution is 2.34. The normalized spacial score (nSPS) is 13.3. The fourth-order valence-electron chi connectivity index (χ4n) is 1.79. The molecular formula is C14H9BrClF3O. The van der Waals surface area contributed by atoms with E-state index in [2.05, 4.69) is 15.9 Å². The Bertz CT molecular complexity index is 628. The van der Waals surface area contributed by atoms with Gasteiger partial charge in [-0.2, -0.15) is 13.2 Å². The average Bonchev–Trinajstić information content (AvgIpc) is 2.40. The number of rotatable bonds is 2. The van der Waals surface area contributed by atoms with E-state index in [1.165, 1.54) is 12.1 Å². The van der Waals surface area contributed by atoms with E-state index in [0.29, 0.717) is 10.0 Å². The van der Waals surface area contributed by atoms with Crippen LogP contribution in [-0.2, 0) is 6.18 Å². The molecular weight excluding hydrogens is 357 g/mol. The fourth-order valence-corrected chi connectivity index (χ4v) is 2.39. The molecule has 0 aliphatic rings. The van der Waals surface area contributed by atoms with Gasteiger partial charge in [0.15, 0.2) is 0 Å². The molecule has 106 valence electrons. The maximum atomic E-state index is 12.7. The highest BCUT2D eigenvalue weighted by molar-refractivity contribution is 9.10. The van der Waals surface area contributed by atoms with Gasteiger partial charge < -0.3 is 5.11 Å². The minimum absolute atomic E-state index is 0.139. The van der Waals surface area contributed by atoms with Crippen LogP contribution in [0.1, 0.15) is 22.8 Å². The molecule has 1 N–H and O–H groups in total. The van der Waals surface area contributed by atoms with E-state index in [1.807, 2.05) is 0 Å². The van der Waals surface area contributed by atoms with Crippen molar-refractivity contribution >= 4 is 27.5 Å². The zero-order valence-corrected chi connectivity index (χ0v) is 12.3. The second-order valence-electron chi connectivity index (χ2n) is 4.19. The lowest BCUT2D eigenvalue weighted by molar-refractivity contribution is -0.137. The molecule has 20 heavy (non-hydrogen) atoms. The molecule has 0 aliphatic heterocycles. The number of benzene rings is 2. The Kier molecular flexibility index (Phi) is 4.42. The summed E-state index contributed by atoms with van der Waals surface area (Å²) < 4.78 is 38.7. The van der Waals surface area contributed by atoms with Crippen LogP contribution in [0.4, 0.5) is 13.2 Å². The van der Waals surface area contributed by atoms with Gasteiger partial charge in [0, 0.05) is 15.1 Å². The standard InChI is InChI=1S/C14H9BrClF3O/c15-10-4-5-12(16)11(7-10)13(20)8-2-1-3-9(6-8)14(17,18)19/h1-7,13,20H. The second-order valence-corrected chi connectivity index (χ2v) is 5.51. The largest absolute Gasteiger partial charge is 0.416 e. The fraction of sp³-hybridized carbons (Fsp3) is 0.143. The molecule has 0 aliphatic carbocycles. The molecule has 0 amide bonds. The summed E-state index contributed by atoms with van der Waals surface area (Å²) >= 11 is 9.20. The maximum Gasteiger partial charge on any atom is 0.416 e. The Morgan fingerprint density at radius 2 is 1.80 bits per heavy atom. The first-order chi connectivity index (χ1) is 9.29. The smallest absolute Gasteiger partial charge is 0.384 e. The van der Waals surface area contributed by atoms with Gasteiger partial charge in [0.1, 0.15) is 6.10 Å². The first-order valence-electron chi connectivity index (χ1n) is 5.59. The molecule has 0 heterocycles. The highest BCUT2D eigenvalue weighted by atomic mass is 79.9. The minimum atomic E-state index is -4.45. The number of hydrogen-bond donors (Lipinski definition) is 1. The highest BCUT2D eigenvalue weighted by Gasteiger charge is 2.31. The first-order valence-corrected chi connectivity index (χ1v) is 6.76. The van der Waals surface area contributed by atoms with Crippen LogP contribution < -0.4 is 0 Å². The van der Waals surface area contributed by atoms with Crippen LogP contribution in [0.5, 0.6) is 0 Å². The summed E-state index contributed by atoms with van der Waals surface area (Å²) in [6, 6.07) is 9.39. The van der Waals surface area contributed by atoms with E-state index in [1.54, 1.807) is 18.2 Å². The van der Waals surface area contributed by atoms with Crippen molar-refractivity contribution in [1.29, 1.82) is 0 Å². The van der Waals surface area contributed by atoms with Crippen LogP contribution in [0.15, 0.2) is 46.9 Å². The summed E-state index contributed by atoms with van der Waals surface area (Å²) in [4.78, 5) is 0. The third-order valence-electron chi connectivity index (χ3n) is 2.78. The molecule has 0 saturated carbocycles. The number of hydrogen-bond acceptors (Lipinski definition) is 1. The van der Waals surface area contributed by atoms with Gasteiger partial charge in [-0.3, -0.25) is 0 Å². The number of halogens is 5. The monoisotopic (exact) mass is 364 g/mol. The number of aliphatic hydroxyl groups excluding tert-OH is 1. The van der Waals surface area contributed by atoms with E-state index in [0.717, 1.165) is 12.1 Å². The van der Waals surface area contributed by atoms with E-state index in [-0.39, 0.29) is 10.6 Å². The van der Waals surface area contributed by atoms with E-state index >= 15 is 0 Å². The lowest BCUT2D eigenvalue weighted by Crippen LogP contribution is -2.07. The van der Waals surface area contributed by atoms with Gasteiger partial charge >= 0.3 is 6.18 Å². The van der Waals surface area contributed by atoms with E-state index in [9.17, 15) is 18.3 Å². The van der Waals surface area contributed by atoms with Gasteiger partial charge in [-0.25, -0.2) is 0 Å². The summed E-state index contributed by atoms with van der Waals surface area (Å²) in [6.45, 7) is 0. The summed E-state index contributed by atoms with van der Waals surface area (Å²) in [5, 5.41) is 10.5. The minimum Gasteiger partial charge on any atom is -0.384 e. The molecule has 2 rings (SSSR count). The number of alkyl halides is 3. The topological polar surface area (TPSA) is 20.2 Å². The average molecular weight is 366 g/mol. The van der Waals surface area contributed by atoms with Crippen molar-refractivity contribution in [2.75, 3.05) is 0 Å². The molecule has 1 atom stereocenters. The number of aliphatic hydroxyl groups is 1. The molecule has 0 saturated heterocycles. The van der Waals surface area contributed by atoms with Gasteiger partial charge in [0.05, 0.1) is 5.56 Å². The molecule has 0 fully saturated rings. The van der Waals surface area contributed by atoms with Gasteiger partial charge in [-0.05, 0) is 35.9 Å². The van der Waals surface area contributed by atoms with Crippen LogP contribution in [0.2, 0.25) is 5.02 Å². The van der Waals surface area contributed by atoms with Crippen molar-refractivity contribution in [2.24, 2.45) is 0 Å². The van der Waals surface area contributed by atoms with Crippen molar-refractivity contribution in [2.45, 2.75) is 12.3 Å². The Labute approximate surface area is 127 Å². The molecule has 2 aromatic rings. The lowest BCUT2D eigenvalue weighted by atomic mass is 9.99. The zero-order valence-electron chi connectivity index (χ0n) is 9.96. The molecule has 0 spiro atoms.